The van der Waals surface area contributed by atoms with Gasteiger partial charge in [-0.1, -0.05) is 30.7 Å². The van der Waals surface area contributed by atoms with Crippen LogP contribution in [0.25, 0.3) is 0 Å². The standard InChI is InChI=1S/C17H27ClN2/c1-5-19-16(14-9-8-13(2)15(18)12-14)17(3,4)20-10-6-7-11-20/h8-9,12,16,19H,5-7,10-11H2,1-4H3. The fourth-order valence-corrected chi connectivity index (χ4v) is 3.43. The topological polar surface area (TPSA) is 15.3 Å². The molecule has 0 amide bonds. The van der Waals surface area contributed by atoms with Crippen molar-refractivity contribution < 1.29 is 0 Å². The lowest BCUT2D eigenvalue weighted by Crippen LogP contribution is -2.51. The van der Waals surface area contributed by atoms with Gasteiger partial charge in [-0.15, -0.1) is 0 Å². The summed E-state index contributed by atoms with van der Waals surface area (Å²) >= 11 is 6.33. The van der Waals surface area contributed by atoms with Gasteiger partial charge in [-0.25, -0.2) is 0 Å². The lowest BCUT2D eigenvalue weighted by atomic mass is 9.86. The predicted octanol–water partition coefficient (Wildman–Crippen LogP) is 4.17. The van der Waals surface area contributed by atoms with E-state index in [0.717, 1.165) is 17.1 Å². The van der Waals surface area contributed by atoms with Crippen LogP contribution in [0.2, 0.25) is 5.02 Å². The fourth-order valence-electron chi connectivity index (χ4n) is 3.24. The monoisotopic (exact) mass is 294 g/mol. The van der Waals surface area contributed by atoms with Crippen molar-refractivity contribution in [2.45, 2.75) is 52.1 Å². The Hall–Kier alpha value is -0.570. The Labute approximate surface area is 128 Å². The number of likely N-dealkylation sites (tertiary alicyclic amines) is 1. The van der Waals surface area contributed by atoms with Gasteiger partial charge in [-0.2, -0.15) is 0 Å². The molecule has 112 valence electrons. The molecule has 1 unspecified atom stereocenters. The third-order valence-corrected chi connectivity index (χ3v) is 4.97. The maximum Gasteiger partial charge on any atom is 0.0502 e. The molecule has 0 radical (unpaired) electrons. The number of rotatable bonds is 5. The molecule has 1 N–H and O–H groups in total. The number of halogens is 1. The van der Waals surface area contributed by atoms with Gasteiger partial charge < -0.3 is 5.32 Å². The molecule has 0 spiro atoms. The molecule has 0 aliphatic carbocycles. The molecule has 1 aliphatic heterocycles. The van der Waals surface area contributed by atoms with E-state index in [1.807, 2.05) is 0 Å². The second-order valence-corrected chi connectivity index (χ2v) is 6.75. The van der Waals surface area contributed by atoms with Gasteiger partial charge in [-0.05, 0) is 70.4 Å². The first-order chi connectivity index (χ1) is 9.46. The zero-order valence-electron chi connectivity index (χ0n) is 13.2. The molecule has 1 saturated heterocycles. The molecule has 0 aromatic heterocycles. The Bertz CT molecular complexity index is 450. The number of hydrogen-bond donors (Lipinski definition) is 1. The van der Waals surface area contributed by atoms with Crippen LogP contribution in [0.3, 0.4) is 0 Å². The summed E-state index contributed by atoms with van der Waals surface area (Å²) in [5.74, 6) is 0. The quantitative estimate of drug-likeness (QED) is 0.877. The zero-order valence-corrected chi connectivity index (χ0v) is 13.9. The Morgan fingerprint density at radius 1 is 1.30 bits per heavy atom. The Morgan fingerprint density at radius 3 is 2.50 bits per heavy atom. The van der Waals surface area contributed by atoms with Crippen LogP contribution in [0.5, 0.6) is 0 Å². The Morgan fingerprint density at radius 2 is 1.95 bits per heavy atom. The Balaban J connectivity index is 2.31. The molecule has 0 saturated carbocycles. The van der Waals surface area contributed by atoms with Crippen molar-refractivity contribution in [2.24, 2.45) is 0 Å². The lowest BCUT2D eigenvalue weighted by molar-refractivity contribution is 0.107. The van der Waals surface area contributed by atoms with Crippen LogP contribution < -0.4 is 5.32 Å². The van der Waals surface area contributed by atoms with Crippen molar-refractivity contribution in [3.8, 4) is 0 Å². The zero-order chi connectivity index (χ0) is 14.8. The molecular formula is C17H27ClN2. The summed E-state index contributed by atoms with van der Waals surface area (Å²) in [6, 6.07) is 6.78. The highest BCUT2D eigenvalue weighted by molar-refractivity contribution is 6.31. The minimum Gasteiger partial charge on any atom is -0.309 e. The van der Waals surface area contributed by atoms with Crippen LogP contribution >= 0.6 is 11.6 Å². The number of aryl methyl sites for hydroxylation is 1. The molecule has 1 heterocycles. The molecule has 1 aliphatic rings. The third-order valence-electron chi connectivity index (χ3n) is 4.57. The van der Waals surface area contributed by atoms with Gasteiger partial charge in [0.1, 0.15) is 0 Å². The molecule has 2 rings (SSSR count). The summed E-state index contributed by atoms with van der Waals surface area (Å²) in [5, 5.41) is 4.53. The van der Waals surface area contributed by atoms with Crippen molar-refractivity contribution in [2.75, 3.05) is 19.6 Å². The molecule has 1 atom stereocenters. The van der Waals surface area contributed by atoms with E-state index in [0.29, 0.717) is 6.04 Å². The maximum absolute atomic E-state index is 6.33. The van der Waals surface area contributed by atoms with E-state index in [2.05, 4.69) is 56.1 Å². The van der Waals surface area contributed by atoms with Gasteiger partial charge in [0.05, 0.1) is 6.04 Å². The summed E-state index contributed by atoms with van der Waals surface area (Å²) in [4.78, 5) is 2.61. The summed E-state index contributed by atoms with van der Waals surface area (Å²) in [7, 11) is 0. The highest BCUT2D eigenvalue weighted by atomic mass is 35.5. The largest absolute Gasteiger partial charge is 0.309 e. The number of hydrogen-bond acceptors (Lipinski definition) is 2. The lowest BCUT2D eigenvalue weighted by Gasteiger charge is -2.43. The van der Waals surface area contributed by atoms with E-state index in [4.69, 9.17) is 11.6 Å². The van der Waals surface area contributed by atoms with E-state index in [-0.39, 0.29) is 5.54 Å². The minimum atomic E-state index is 0.102. The fraction of sp³-hybridized carbons (Fsp3) is 0.647. The molecule has 1 aromatic carbocycles. The maximum atomic E-state index is 6.33. The number of nitrogens with zero attached hydrogens (tertiary/aromatic N) is 1. The van der Waals surface area contributed by atoms with Gasteiger partial charge in [-0.3, -0.25) is 4.90 Å². The normalized spacial score (nSPS) is 18.4. The van der Waals surface area contributed by atoms with Crippen molar-refractivity contribution >= 4 is 11.6 Å². The van der Waals surface area contributed by atoms with E-state index in [9.17, 15) is 0 Å². The van der Waals surface area contributed by atoms with Gasteiger partial charge in [0, 0.05) is 10.6 Å². The highest BCUT2D eigenvalue weighted by Crippen LogP contribution is 2.34. The van der Waals surface area contributed by atoms with Crippen LogP contribution in [0.4, 0.5) is 0 Å². The summed E-state index contributed by atoms with van der Waals surface area (Å²) < 4.78 is 0. The summed E-state index contributed by atoms with van der Waals surface area (Å²) in [6.45, 7) is 12.3. The molecule has 1 fully saturated rings. The van der Waals surface area contributed by atoms with Crippen molar-refractivity contribution in [1.82, 2.24) is 10.2 Å². The van der Waals surface area contributed by atoms with Crippen LogP contribution in [0.1, 0.15) is 50.8 Å². The highest BCUT2D eigenvalue weighted by Gasteiger charge is 2.37. The molecule has 0 bridgehead atoms. The number of nitrogens with one attached hydrogen (secondary N) is 1. The van der Waals surface area contributed by atoms with E-state index in [1.54, 1.807) is 0 Å². The number of benzene rings is 1. The van der Waals surface area contributed by atoms with E-state index in [1.165, 1.54) is 31.5 Å². The molecule has 3 heteroatoms. The van der Waals surface area contributed by atoms with Gasteiger partial charge in [0.2, 0.25) is 0 Å². The molecule has 1 aromatic rings. The van der Waals surface area contributed by atoms with Crippen molar-refractivity contribution in [3.05, 3.63) is 34.3 Å². The van der Waals surface area contributed by atoms with E-state index < -0.39 is 0 Å². The third kappa shape index (κ3) is 3.19. The van der Waals surface area contributed by atoms with Crippen LogP contribution in [0.15, 0.2) is 18.2 Å². The first-order valence-corrected chi connectivity index (χ1v) is 8.09. The van der Waals surface area contributed by atoms with Crippen LogP contribution in [-0.2, 0) is 0 Å². The Kier molecular flexibility index (Phi) is 5.11. The van der Waals surface area contributed by atoms with Crippen LogP contribution in [0, 0.1) is 6.92 Å². The molecule has 2 nitrogen and oxygen atoms in total. The average molecular weight is 295 g/mol. The smallest absolute Gasteiger partial charge is 0.0502 e. The SMILES string of the molecule is CCNC(c1ccc(C)c(Cl)c1)C(C)(C)N1CCCC1. The van der Waals surface area contributed by atoms with Gasteiger partial charge >= 0.3 is 0 Å². The second kappa shape index (κ2) is 6.46. The van der Waals surface area contributed by atoms with Crippen LogP contribution in [-0.4, -0.2) is 30.1 Å². The van der Waals surface area contributed by atoms with Gasteiger partial charge in [0.15, 0.2) is 0 Å². The molecule has 20 heavy (non-hydrogen) atoms. The predicted molar refractivity (Wildman–Crippen MR) is 87.5 cm³/mol. The first kappa shape index (κ1) is 15.8. The van der Waals surface area contributed by atoms with Crippen molar-refractivity contribution in [1.29, 1.82) is 0 Å². The van der Waals surface area contributed by atoms with E-state index >= 15 is 0 Å². The minimum absolute atomic E-state index is 0.102. The first-order valence-electron chi connectivity index (χ1n) is 7.71. The van der Waals surface area contributed by atoms with Gasteiger partial charge in [0.25, 0.3) is 0 Å². The molecular weight excluding hydrogens is 268 g/mol. The second-order valence-electron chi connectivity index (χ2n) is 6.35. The number of likely N-dealkylation sites (N-methyl/N-ethyl adjacent to an activating group) is 1. The summed E-state index contributed by atoms with van der Waals surface area (Å²) in [6.07, 6.45) is 2.63. The summed E-state index contributed by atoms with van der Waals surface area (Å²) in [5.41, 5.74) is 2.54. The van der Waals surface area contributed by atoms with Crippen molar-refractivity contribution in [3.63, 3.8) is 0 Å². The average Bonchev–Trinajstić information content (AvgIpc) is 2.94.